The Morgan fingerprint density at radius 1 is 1.25 bits per heavy atom. The lowest BCUT2D eigenvalue weighted by Crippen LogP contribution is -2.43. The average molecular weight is 337 g/mol. The van der Waals surface area contributed by atoms with Crippen LogP contribution in [0.3, 0.4) is 0 Å². The van der Waals surface area contributed by atoms with Crippen molar-refractivity contribution in [2.75, 3.05) is 0 Å². The number of halogens is 1. The molecule has 3 rings (SSSR count). The molecular formula is C14H17BrN4O. The molecule has 0 bridgehead atoms. The van der Waals surface area contributed by atoms with Crippen LogP contribution in [-0.4, -0.2) is 20.7 Å². The van der Waals surface area contributed by atoms with Gasteiger partial charge in [0.05, 0.1) is 0 Å². The highest BCUT2D eigenvalue weighted by atomic mass is 79.9. The summed E-state index contributed by atoms with van der Waals surface area (Å²) in [6, 6.07) is 3.77. The van der Waals surface area contributed by atoms with Crippen molar-refractivity contribution >= 4 is 15.9 Å². The van der Waals surface area contributed by atoms with E-state index >= 15 is 0 Å². The molecule has 1 fully saturated rings. The smallest absolute Gasteiger partial charge is 0.228 e. The number of aromatic nitrogens is 3. The number of pyridine rings is 1. The molecule has 0 amide bonds. The van der Waals surface area contributed by atoms with Gasteiger partial charge in [-0.15, -0.1) is 0 Å². The van der Waals surface area contributed by atoms with Crippen molar-refractivity contribution in [3.63, 3.8) is 0 Å². The summed E-state index contributed by atoms with van der Waals surface area (Å²) in [4.78, 5) is 8.68. The Morgan fingerprint density at radius 3 is 2.75 bits per heavy atom. The summed E-state index contributed by atoms with van der Waals surface area (Å²) < 4.78 is 6.25. The Bertz CT molecular complexity index is 575. The van der Waals surface area contributed by atoms with Crippen LogP contribution < -0.4 is 5.73 Å². The Balaban J connectivity index is 1.75. The van der Waals surface area contributed by atoms with Crippen molar-refractivity contribution in [3.05, 3.63) is 28.7 Å². The quantitative estimate of drug-likeness (QED) is 0.931. The number of hydrogen-bond donors (Lipinski definition) is 1. The molecule has 0 radical (unpaired) electrons. The minimum Gasteiger partial charge on any atom is -0.339 e. The number of nitrogens with zero attached hydrogens (tertiary/aromatic N) is 3. The molecule has 106 valence electrons. The minimum atomic E-state index is -0.185. The van der Waals surface area contributed by atoms with Gasteiger partial charge in [0.2, 0.25) is 11.7 Å². The molecular weight excluding hydrogens is 320 g/mol. The molecule has 0 aromatic carbocycles. The summed E-state index contributed by atoms with van der Waals surface area (Å²) in [7, 11) is 0. The van der Waals surface area contributed by atoms with Crippen LogP contribution in [0.4, 0.5) is 0 Å². The summed E-state index contributed by atoms with van der Waals surface area (Å²) in [5, 5.41) is 3.99. The molecule has 5 nitrogen and oxygen atoms in total. The third-order valence-corrected chi connectivity index (χ3v) is 4.25. The van der Waals surface area contributed by atoms with E-state index in [9.17, 15) is 0 Å². The lowest BCUT2D eigenvalue weighted by atomic mass is 9.80. The van der Waals surface area contributed by atoms with E-state index in [1.54, 1.807) is 6.20 Å². The number of hydrogen-bond acceptors (Lipinski definition) is 5. The summed E-state index contributed by atoms with van der Waals surface area (Å²) in [6.07, 6.45) is 8.07. The zero-order valence-electron chi connectivity index (χ0n) is 11.2. The highest BCUT2D eigenvalue weighted by molar-refractivity contribution is 9.10. The first-order valence-electron chi connectivity index (χ1n) is 6.88. The summed E-state index contributed by atoms with van der Waals surface area (Å²) >= 11 is 3.35. The largest absolute Gasteiger partial charge is 0.339 e. The van der Waals surface area contributed by atoms with Crippen molar-refractivity contribution in [1.82, 2.24) is 15.1 Å². The Hall–Kier alpha value is -1.27. The van der Waals surface area contributed by atoms with E-state index in [0.717, 1.165) is 17.3 Å². The monoisotopic (exact) mass is 336 g/mol. The maximum absolute atomic E-state index is 6.41. The van der Waals surface area contributed by atoms with E-state index in [1.165, 1.54) is 19.3 Å². The lowest BCUT2D eigenvalue weighted by Gasteiger charge is -2.31. The van der Waals surface area contributed by atoms with Crippen LogP contribution in [0.25, 0.3) is 11.5 Å². The topological polar surface area (TPSA) is 77.8 Å². The van der Waals surface area contributed by atoms with Crippen LogP contribution in [0.1, 0.15) is 38.0 Å². The standard InChI is InChI=1S/C14H17BrN4O/c15-10-4-5-11(17-9-10)13-18-12(20-19-13)8-14(16)6-2-1-3-7-14/h4-5,9H,1-3,6-8,16H2. The number of nitrogens with two attached hydrogens (primary N) is 1. The van der Waals surface area contributed by atoms with Crippen LogP contribution in [0.15, 0.2) is 27.3 Å². The van der Waals surface area contributed by atoms with Crippen molar-refractivity contribution in [3.8, 4) is 11.5 Å². The second-order valence-corrected chi connectivity index (χ2v) is 6.39. The molecule has 0 saturated heterocycles. The van der Waals surface area contributed by atoms with Gasteiger partial charge >= 0.3 is 0 Å². The summed E-state index contributed by atoms with van der Waals surface area (Å²) in [5.41, 5.74) is 6.93. The molecule has 0 aliphatic heterocycles. The Labute approximate surface area is 126 Å². The zero-order valence-corrected chi connectivity index (χ0v) is 12.8. The van der Waals surface area contributed by atoms with Crippen LogP contribution >= 0.6 is 15.9 Å². The van der Waals surface area contributed by atoms with Crippen LogP contribution in [0.2, 0.25) is 0 Å². The van der Waals surface area contributed by atoms with Gasteiger partial charge in [-0.3, -0.25) is 4.98 Å². The maximum Gasteiger partial charge on any atom is 0.228 e. The van der Waals surface area contributed by atoms with Crippen molar-refractivity contribution < 1.29 is 4.52 Å². The van der Waals surface area contributed by atoms with Gasteiger partial charge in [-0.1, -0.05) is 24.4 Å². The molecule has 0 spiro atoms. The van der Waals surface area contributed by atoms with Crippen molar-refractivity contribution in [2.45, 2.75) is 44.1 Å². The van der Waals surface area contributed by atoms with Crippen molar-refractivity contribution in [2.24, 2.45) is 5.73 Å². The van der Waals surface area contributed by atoms with Gasteiger partial charge in [-0.25, -0.2) is 0 Å². The molecule has 1 aliphatic rings. The van der Waals surface area contributed by atoms with Crippen molar-refractivity contribution in [1.29, 1.82) is 0 Å². The lowest BCUT2D eigenvalue weighted by molar-refractivity contribution is 0.261. The minimum absolute atomic E-state index is 0.185. The van der Waals surface area contributed by atoms with E-state index < -0.39 is 0 Å². The van der Waals surface area contributed by atoms with E-state index in [1.807, 2.05) is 12.1 Å². The second-order valence-electron chi connectivity index (χ2n) is 5.47. The molecule has 0 unspecified atom stereocenters. The molecule has 2 aromatic heterocycles. The first-order chi connectivity index (χ1) is 9.65. The van der Waals surface area contributed by atoms with E-state index in [0.29, 0.717) is 23.8 Å². The first-order valence-corrected chi connectivity index (χ1v) is 7.67. The number of rotatable bonds is 3. The molecule has 20 heavy (non-hydrogen) atoms. The van der Waals surface area contributed by atoms with Gasteiger partial charge in [0, 0.05) is 22.6 Å². The van der Waals surface area contributed by atoms with Gasteiger partial charge in [0.1, 0.15) is 5.69 Å². The van der Waals surface area contributed by atoms with Crippen LogP contribution in [0, 0.1) is 0 Å². The zero-order chi connectivity index (χ0) is 14.0. The SMILES string of the molecule is NC1(Cc2nc(-c3ccc(Br)cn3)no2)CCCCC1. The van der Waals surface area contributed by atoms with Gasteiger partial charge in [0.15, 0.2) is 0 Å². The van der Waals surface area contributed by atoms with Gasteiger partial charge in [0.25, 0.3) is 0 Å². The molecule has 2 heterocycles. The third kappa shape index (κ3) is 3.07. The molecule has 1 saturated carbocycles. The van der Waals surface area contributed by atoms with Crippen LogP contribution in [0.5, 0.6) is 0 Å². The fraction of sp³-hybridized carbons (Fsp3) is 0.500. The maximum atomic E-state index is 6.41. The van der Waals surface area contributed by atoms with E-state index in [4.69, 9.17) is 10.3 Å². The van der Waals surface area contributed by atoms with E-state index in [2.05, 4.69) is 31.1 Å². The highest BCUT2D eigenvalue weighted by Crippen LogP contribution is 2.29. The second kappa shape index (κ2) is 5.61. The highest BCUT2D eigenvalue weighted by Gasteiger charge is 2.30. The predicted molar refractivity (Wildman–Crippen MR) is 78.9 cm³/mol. The first kappa shape index (κ1) is 13.7. The Kier molecular flexibility index (Phi) is 3.85. The fourth-order valence-electron chi connectivity index (χ4n) is 2.67. The van der Waals surface area contributed by atoms with Gasteiger partial charge in [-0.2, -0.15) is 4.98 Å². The molecule has 2 N–H and O–H groups in total. The molecule has 1 aliphatic carbocycles. The average Bonchev–Trinajstić information content (AvgIpc) is 2.88. The summed E-state index contributed by atoms with van der Waals surface area (Å²) in [6.45, 7) is 0. The molecule has 0 atom stereocenters. The summed E-state index contributed by atoms with van der Waals surface area (Å²) in [5.74, 6) is 1.13. The molecule has 6 heteroatoms. The normalized spacial score (nSPS) is 18.1. The molecule has 2 aromatic rings. The Morgan fingerprint density at radius 2 is 2.05 bits per heavy atom. The van der Waals surface area contributed by atoms with Gasteiger partial charge in [-0.05, 0) is 40.9 Å². The van der Waals surface area contributed by atoms with Crippen LogP contribution in [-0.2, 0) is 6.42 Å². The van der Waals surface area contributed by atoms with Gasteiger partial charge < -0.3 is 10.3 Å². The predicted octanol–water partition coefficient (Wildman–Crippen LogP) is 3.10. The fourth-order valence-corrected chi connectivity index (χ4v) is 2.91. The third-order valence-electron chi connectivity index (χ3n) is 3.78. The van der Waals surface area contributed by atoms with E-state index in [-0.39, 0.29) is 5.54 Å².